The maximum Gasteiger partial charge on any atom is 0.328 e. The monoisotopic (exact) mass is 513 g/mol. The number of carbonyl (C=O) groups is 3. The molecule has 0 bridgehead atoms. The second-order valence-electron chi connectivity index (χ2n) is 10.1. The summed E-state index contributed by atoms with van der Waals surface area (Å²) in [6.07, 6.45) is 22.7. The maximum atomic E-state index is 11.8. The number of ether oxygens (including phenoxy) is 2. The van der Waals surface area contributed by atoms with Gasteiger partial charge in [-0.05, 0) is 13.3 Å². The first kappa shape index (κ1) is 34.4. The molecule has 0 aliphatic heterocycles. The molecule has 36 heavy (non-hydrogen) atoms. The number of amides is 1. The highest BCUT2D eigenvalue weighted by Crippen LogP contribution is 2.14. The van der Waals surface area contributed by atoms with Gasteiger partial charge in [-0.1, -0.05) is 116 Å². The Labute approximate surface area is 220 Å². The number of hydrogen-bond donors (Lipinski definition) is 2. The van der Waals surface area contributed by atoms with Crippen LogP contribution in [0, 0.1) is 0 Å². The first-order valence-electron chi connectivity index (χ1n) is 14.6. The number of aliphatic hydroxyl groups is 1. The van der Waals surface area contributed by atoms with Crippen LogP contribution in [0.5, 0.6) is 0 Å². The topological polar surface area (TPSA) is 102 Å². The van der Waals surface area contributed by atoms with Crippen molar-refractivity contribution in [3.63, 3.8) is 0 Å². The van der Waals surface area contributed by atoms with Crippen molar-refractivity contribution >= 4 is 17.8 Å². The molecule has 0 aromatic heterocycles. The van der Waals surface area contributed by atoms with Gasteiger partial charge < -0.3 is 19.9 Å². The molecule has 0 aliphatic rings. The highest BCUT2D eigenvalue weighted by atomic mass is 16.6. The second kappa shape index (κ2) is 25.0. The molecule has 0 spiro atoms. The first-order valence-corrected chi connectivity index (χ1v) is 14.6. The van der Waals surface area contributed by atoms with E-state index in [1.54, 1.807) is 0 Å². The van der Waals surface area contributed by atoms with E-state index >= 15 is 0 Å². The fourth-order valence-corrected chi connectivity index (χ4v) is 4.15. The van der Waals surface area contributed by atoms with Crippen LogP contribution in [0.3, 0.4) is 0 Å². The Morgan fingerprint density at radius 2 is 1.06 bits per heavy atom. The van der Waals surface area contributed by atoms with E-state index in [9.17, 15) is 19.5 Å². The molecule has 2 atom stereocenters. The highest BCUT2D eigenvalue weighted by molar-refractivity contribution is 5.82. The van der Waals surface area contributed by atoms with E-state index in [-0.39, 0.29) is 25.1 Å². The fourth-order valence-electron chi connectivity index (χ4n) is 4.15. The average molecular weight is 514 g/mol. The smallest absolute Gasteiger partial charge is 0.328 e. The van der Waals surface area contributed by atoms with Crippen LogP contribution < -0.4 is 5.32 Å². The number of aliphatic hydroxyl groups excluding tert-OH is 1. The molecule has 0 aromatic rings. The van der Waals surface area contributed by atoms with Gasteiger partial charge in [-0.3, -0.25) is 9.59 Å². The summed E-state index contributed by atoms with van der Waals surface area (Å²) in [5.41, 5.74) is 0. The lowest BCUT2D eigenvalue weighted by molar-refractivity contribution is -0.154. The highest BCUT2D eigenvalue weighted by Gasteiger charge is 2.17. The van der Waals surface area contributed by atoms with Gasteiger partial charge in [-0.15, -0.1) is 0 Å². The van der Waals surface area contributed by atoms with Gasteiger partial charge in [0.05, 0.1) is 0 Å². The summed E-state index contributed by atoms with van der Waals surface area (Å²) in [7, 11) is 0. The second-order valence-corrected chi connectivity index (χ2v) is 10.1. The SMILES string of the molecule is CCCCCCCCCCCCCCCCCCCCC(=O)OCC(O)COC(=O)[C@@H](C)NC(C)=O. The van der Waals surface area contributed by atoms with E-state index in [2.05, 4.69) is 12.2 Å². The van der Waals surface area contributed by atoms with Gasteiger partial charge >= 0.3 is 11.9 Å². The number of nitrogens with one attached hydrogen (secondary N) is 1. The van der Waals surface area contributed by atoms with Gasteiger partial charge in [0.2, 0.25) is 5.91 Å². The first-order chi connectivity index (χ1) is 17.4. The van der Waals surface area contributed by atoms with Crippen LogP contribution in [0.2, 0.25) is 0 Å². The van der Waals surface area contributed by atoms with Crippen LogP contribution in [0.1, 0.15) is 143 Å². The van der Waals surface area contributed by atoms with Gasteiger partial charge in [0, 0.05) is 13.3 Å². The molecule has 0 saturated carbocycles. The molecular formula is C29H55NO6. The van der Waals surface area contributed by atoms with Gasteiger partial charge in [-0.25, -0.2) is 4.79 Å². The molecule has 1 amide bonds. The predicted octanol–water partition coefficient (Wildman–Crippen LogP) is 6.39. The van der Waals surface area contributed by atoms with Crippen molar-refractivity contribution < 1.29 is 29.0 Å². The van der Waals surface area contributed by atoms with E-state index < -0.39 is 18.1 Å². The van der Waals surface area contributed by atoms with E-state index in [4.69, 9.17) is 9.47 Å². The van der Waals surface area contributed by atoms with E-state index in [0.29, 0.717) is 6.42 Å². The van der Waals surface area contributed by atoms with Crippen molar-refractivity contribution in [2.75, 3.05) is 13.2 Å². The summed E-state index contributed by atoms with van der Waals surface area (Å²) in [6.45, 7) is 4.58. The Kier molecular flexibility index (Phi) is 23.9. The molecule has 0 aliphatic carbocycles. The summed E-state index contributed by atoms with van der Waals surface area (Å²) >= 11 is 0. The number of hydrogen-bond acceptors (Lipinski definition) is 6. The zero-order valence-corrected chi connectivity index (χ0v) is 23.5. The third-order valence-corrected chi connectivity index (χ3v) is 6.36. The van der Waals surface area contributed by atoms with Crippen molar-refractivity contribution in [2.24, 2.45) is 0 Å². The van der Waals surface area contributed by atoms with Crippen LogP contribution >= 0.6 is 0 Å². The summed E-state index contributed by atoms with van der Waals surface area (Å²) in [6, 6.07) is -0.790. The van der Waals surface area contributed by atoms with Crippen molar-refractivity contribution in [1.29, 1.82) is 0 Å². The molecule has 0 heterocycles. The molecule has 0 aromatic carbocycles. The fraction of sp³-hybridized carbons (Fsp3) is 0.897. The zero-order chi connectivity index (χ0) is 26.9. The molecule has 212 valence electrons. The van der Waals surface area contributed by atoms with Gasteiger partial charge in [-0.2, -0.15) is 0 Å². The minimum atomic E-state index is -1.08. The molecular weight excluding hydrogens is 458 g/mol. The molecule has 7 nitrogen and oxygen atoms in total. The molecule has 0 saturated heterocycles. The summed E-state index contributed by atoms with van der Waals surface area (Å²) in [5.74, 6) is -1.33. The molecule has 0 radical (unpaired) electrons. The predicted molar refractivity (Wildman–Crippen MR) is 145 cm³/mol. The van der Waals surface area contributed by atoms with Crippen LogP contribution in [-0.4, -0.2) is 48.3 Å². The molecule has 1 unspecified atom stereocenters. The lowest BCUT2D eigenvalue weighted by Gasteiger charge is -2.15. The van der Waals surface area contributed by atoms with Crippen LogP contribution in [0.15, 0.2) is 0 Å². The minimum absolute atomic E-state index is 0.209. The van der Waals surface area contributed by atoms with Crippen molar-refractivity contribution in [1.82, 2.24) is 5.32 Å². The quantitative estimate of drug-likeness (QED) is 0.108. The summed E-state index contributed by atoms with van der Waals surface area (Å²) in [5, 5.41) is 12.2. The molecule has 0 fully saturated rings. The minimum Gasteiger partial charge on any atom is -0.463 e. The number of esters is 2. The van der Waals surface area contributed by atoms with Crippen molar-refractivity contribution in [3.05, 3.63) is 0 Å². The Hall–Kier alpha value is -1.63. The zero-order valence-electron chi connectivity index (χ0n) is 23.5. The van der Waals surface area contributed by atoms with Gasteiger partial charge in [0.15, 0.2) is 0 Å². The lowest BCUT2D eigenvalue weighted by atomic mass is 10.0. The molecule has 7 heteroatoms. The van der Waals surface area contributed by atoms with Crippen LogP contribution in [-0.2, 0) is 23.9 Å². The average Bonchev–Trinajstić information content (AvgIpc) is 2.84. The largest absolute Gasteiger partial charge is 0.463 e. The van der Waals surface area contributed by atoms with E-state index in [1.165, 1.54) is 110 Å². The van der Waals surface area contributed by atoms with Crippen LogP contribution in [0.4, 0.5) is 0 Å². The van der Waals surface area contributed by atoms with Gasteiger partial charge in [0.1, 0.15) is 25.4 Å². The van der Waals surface area contributed by atoms with Crippen molar-refractivity contribution in [3.8, 4) is 0 Å². The lowest BCUT2D eigenvalue weighted by Crippen LogP contribution is -2.39. The number of unbranched alkanes of at least 4 members (excludes halogenated alkanes) is 17. The third-order valence-electron chi connectivity index (χ3n) is 6.36. The molecule has 2 N–H and O–H groups in total. The standard InChI is InChI=1S/C29H55NO6/c1-4-5-6-7-8-9-10-11-12-13-14-15-16-17-18-19-20-21-22-28(33)35-23-27(32)24-36-29(34)25(2)30-26(3)31/h25,27,32H,4-24H2,1-3H3,(H,30,31)/t25-,27?/m1/s1. The molecule has 0 rings (SSSR count). The summed E-state index contributed by atoms with van der Waals surface area (Å²) < 4.78 is 9.95. The third kappa shape index (κ3) is 24.1. The number of rotatable bonds is 25. The van der Waals surface area contributed by atoms with Gasteiger partial charge in [0.25, 0.3) is 0 Å². The Balaban J connectivity index is 3.39. The Morgan fingerprint density at radius 3 is 1.47 bits per heavy atom. The van der Waals surface area contributed by atoms with E-state index in [0.717, 1.165) is 19.3 Å². The van der Waals surface area contributed by atoms with Crippen LogP contribution in [0.25, 0.3) is 0 Å². The van der Waals surface area contributed by atoms with E-state index in [1.807, 2.05) is 0 Å². The number of carbonyl (C=O) groups excluding carboxylic acids is 3. The Bertz CT molecular complexity index is 554. The maximum absolute atomic E-state index is 11.8. The Morgan fingerprint density at radius 1 is 0.667 bits per heavy atom. The van der Waals surface area contributed by atoms with Crippen molar-refractivity contribution in [2.45, 2.75) is 155 Å². The summed E-state index contributed by atoms with van der Waals surface area (Å²) in [4.78, 5) is 34.4. The normalized spacial score (nSPS) is 12.7.